The van der Waals surface area contributed by atoms with E-state index in [1.54, 1.807) is 4.90 Å². The molecule has 0 aromatic heterocycles. The van der Waals surface area contributed by atoms with Crippen molar-refractivity contribution < 1.29 is 14.6 Å². The van der Waals surface area contributed by atoms with Gasteiger partial charge in [0.05, 0.1) is 12.1 Å². The largest absolute Gasteiger partial charge is 0.447 e. The number of nitrogens with zero attached hydrogens (tertiary/aromatic N) is 1. The number of amides is 1. The van der Waals surface area contributed by atoms with Crippen molar-refractivity contribution in [3.05, 3.63) is 12.2 Å². The molecule has 2 unspecified atom stereocenters. The van der Waals surface area contributed by atoms with Gasteiger partial charge in [-0.2, -0.15) is 0 Å². The van der Waals surface area contributed by atoms with Crippen molar-refractivity contribution in [1.29, 1.82) is 0 Å². The standard InChI is InChI=1S/C8H11NO3/c10-7-3-1-2-4-9-6(7)5-12-8(9)11/h1-2,6-7,10H,3-5H2. The van der Waals surface area contributed by atoms with E-state index in [1.807, 2.05) is 12.2 Å². The Hall–Kier alpha value is -1.03. The summed E-state index contributed by atoms with van der Waals surface area (Å²) in [4.78, 5) is 12.6. The number of rotatable bonds is 0. The van der Waals surface area contributed by atoms with Gasteiger partial charge in [-0.1, -0.05) is 12.2 Å². The lowest BCUT2D eigenvalue weighted by atomic mass is 10.1. The van der Waals surface area contributed by atoms with Gasteiger partial charge in [-0.3, -0.25) is 4.90 Å². The van der Waals surface area contributed by atoms with Gasteiger partial charge in [0.25, 0.3) is 0 Å². The van der Waals surface area contributed by atoms with E-state index in [4.69, 9.17) is 4.74 Å². The molecule has 2 aliphatic heterocycles. The van der Waals surface area contributed by atoms with Crippen LogP contribution in [0.25, 0.3) is 0 Å². The molecule has 4 nitrogen and oxygen atoms in total. The van der Waals surface area contributed by atoms with E-state index in [-0.39, 0.29) is 12.1 Å². The van der Waals surface area contributed by atoms with Crippen LogP contribution in [0.5, 0.6) is 0 Å². The fourth-order valence-electron chi connectivity index (χ4n) is 1.57. The zero-order valence-electron chi connectivity index (χ0n) is 6.64. The summed E-state index contributed by atoms with van der Waals surface area (Å²) >= 11 is 0. The van der Waals surface area contributed by atoms with Crippen molar-refractivity contribution in [2.45, 2.75) is 18.6 Å². The predicted molar refractivity (Wildman–Crippen MR) is 41.6 cm³/mol. The molecule has 0 bridgehead atoms. The number of aliphatic hydroxyl groups is 1. The van der Waals surface area contributed by atoms with Gasteiger partial charge >= 0.3 is 6.09 Å². The van der Waals surface area contributed by atoms with Gasteiger partial charge in [0, 0.05) is 6.54 Å². The van der Waals surface area contributed by atoms with E-state index in [2.05, 4.69) is 0 Å². The summed E-state index contributed by atoms with van der Waals surface area (Å²) in [5, 5.41) is 9.55. The molecule has 1 N–H and O–H groups in total. The molecule has 0 spiro atoms. The molecule has 0 radical (unpaired) electrons. The minimum Gasteiger partial charge on any atom is -0.447 e. The molecule has 2 rings (SSSR count). The Morgan fingerprint density at radius 3 is 3.25 bits per heavy atom. The number of fused-ring (bicyclic) bond motifs is 1. The summed E-state index contributed by atoms with van der Waals surface area (Å²) in [6.07, 6.45) is 3.60. The van der Waals surface area contributed by atoms with Gasteiger partial charge in [0.2, 0.25) is 0 Å². The van der Waals surface area contributed by atoms with Crippen LogP contribution in [0.2, 0.25) is 0 Å². The van der Waals surface area contributed by atoms with Crippen molar-refractivity contribution in [3.8, 4) is 0 Å². The van der Waals surface area contributed by atoms with Crippen LogP contribution in [0.1, 0.15) is 6.42 Å². The maximum Gasteiger partial charge on any atom is 0.410 e. The van der Waals surface area contributed by atoms with Crippen molar-refractivity contribution in [3.63, 3.8) is 0 Å². The number of carbonyl (C=O) groups excluding carboxylic acids is 1. The van der Waals surface area contributed by atoms with Crippen LogP contribution in [0.3, 0.4) is 0 Å². The summed E-state index contributed by atoms with van der Waals surface area (Å²) in [6, 6.07) is -0.146. The minimum absolute atomic E-state index is 0.146. The molecule has 2 heterocycles. The van der Waals surface area contributed by atoms with Gasteiger partial charge in [-0.05, 0) is 6.42 Å². The highest BCUT2D eigenvalue weighted by Gasteiger charge is 2.37. The first-order chi connectivity index (χ1) is 5.79. The summed E-state index contributed by atoms with van der Waals surface area (Å²) in [5.74, 6) is 0. The number of ether oxygens (including phenoxy) is 1. The second kappa shape index (κ2) is 2.79. The zero-order valence-corrected chi connectivity index (χ0v) is 6.64. The highest BCUT2D eigenvalue weighted by Crippen LogP contribution is 2.19. The van der Waals surface area contributed by atoms with Crippen LogP contribution in [0, 0.1) is 0 Å². The Kier molecular flexibility index (Phi) is 1.77. The Morgan fingerprint density at radius 1 is 1.58 bits per heavy atom. The lowest BCUT2D eigenvalue weighted by Crippen LogP contribution is -2.40. The van der Waals surface area contributed by atoms with Crippen LogP contribution in [-0.4, -0.2) is 41.4 Å². The predicted octanol–water partition coefficient (Wildman–Crippen LogP) is 0.128. The summed E-state index contributed by atoms with van der Waals surface area (Å²) in [5.41, 5.74) is 0. The topological polar surface area (TPSA) is 49.8 Å². The van der Waals surface area contributed by atoms with E-state index >= 15 is 0 Å². The molecular weight excluding hydrogens is 158 g/mol. The van der Waals surface area contributed by atoms with Crippen LogP contribution in [-0.2, 0) is 4.74 Å². The van der Waals surface area contributed by atoms with Crippen molar-refractivity contribution in [2.24, 2.45) is 0 Å². The SMILES string of the molecule is O=C1OCC2C(O)CC=CCN12. The van der Waals surface area contributed by atoms with Crippen molar-refractivity contribution in [1.82, 2.24) is 4.90 Å². The van der Waals surface area contributed by atoms with Gasteiger partial charge in [0.15, 0.2) is 0 Å². The van der Waals surface area contributed by atoms with Crippen molar-refractivity contribution in [2.75, 3.05) is 13.2 Å². The maximum atomic E-state index is 11.1. The van der Waals surface area contributed by atoms with Gasteiger partial charge in [-0.25, -0.2) is 4.79 Å². The monoisotopic (exact) mass is 169 g/mol. The van der Waals surface area contributed by atoms with E-state index in [1.165, 1.54) is 0 Å². The average Bonchev–Trinajstić information content (AvgIpc) is 2.30. The third kappa shape index (κ3) is 1.08. The smallest absolute Gasteiger partial charge is 0.410 e. The van der Waals surface area contributed by atoms with Crippen LogP contribution >= 0.6 is 0 Å². The lowest BCUT2D eigenvalue weighted by Gasteiger charge is -2.21. The molecule has 1 saturated heterocycles. The summed E-state index contributed by atoms with van der Waals surface area (Å²) < 4.78 is 4.82. The van der Waals surface area contributed by atoms with E-state index in [9.17, 15) is 9.90 Å². The first-order valence-electron chi connectivity index (χ1n) is 4.05. The van der Waals surface area contributed by atoms with Crippen LogP contribution in [0.15, 0.2) is 12.2 Å². The summed E-state index contributed by atoms with van der Waals surface area (Å²) in [6.45, 7) is 0.877. The zero-order chi connectivity index (χ0) is 8.55. The molecule has 1 amide bonds. The Morgan fingerprint density at radius 2 is 2.42 bits per heavy atom. The molecule has 0 aromatic rings. The molecule has 66 valence electrons. The Balaban J connectivity index is 2.18. The van der Waals surface area contributed by atoms with Crippen LogP contribution < -0.4 is 0 Å². The number of hydrogen-bond acceptors (Lipinski definition) is 3. The maximum absolute atomic E-state index is 11.1. The average molecular weight is 169 g/mol. The third-order valence-electron chi connectivity index (χ3n) is 2.30. The van der Waals surface area contributed by atoms with E-state index < -0.39 is 6.10 Å². The Labute approximate surface area is 70.4 Å². The van der Waals surface area contributed by atoms with Gasteiger partial charge in [0.1, 0.15) is 6.61 Å². The number of hydrogen-bond donors (Lipinski definition) is 1. The fraction of sp³-hybridized carbons (Fsp3) is 0.625. The molecule has 0 aromatic carbocycles. The van der Waals surface area contributed by atoms with E-state index in [0.29, 0.717) is 19.6 Å². The molecule has 2 aliphatic rings. The normalized spacial score (nSPS) is 34.4. The molecule has 2 atom stereocenters. The fourth-order valence-corrected chi connectivity index (χ4v) is 1.57. The second-order valence-corrected chi connectivity index (χ2v) is 3.07. The lowest BCUT2D eigenvalue weighted by molar-refractivity contribution is 0.0964. The molecule has 0 saturated carbocycles. The first-order valence-corrected chi connectivity index (χ1v) is 4.05. The number of cyclic esters (lactones) is 1. The highest BCUT2D eigenvalue weighted by atomic mass is 16.6. The molecule has 4 heteroatoms. The van der Waals surface area contributed by atoms with E-state index in [0.717, 1.165) is 0 Å². The first kappa shape index (κ1) is 7.61. The third-order valence-corrected chi connectivity index (χ3v) is 2.30. The van der Waals surface area contributed by atoms with Crippen LogP contribution in [0.4, 0.5) is 4.79 Å². The van der Waals surface area contributed by atoms with Gasteiger partial charge in [-0.15, -0.1) is 0 Å². The number of carbonyl (C=O) groups is 1. The Bertz CT molecular complexity index is 226. The summed E-state index contributed by atoms with van der Waals surface area (Å²) in [7, 11) is 0. The molecule has 1 fully saturated rings. The molecule has 0 aliphatic carbocycles. The van der Waals surface area contributed by atoms with Crippen molar-refractivity contribution >= 4 is 6.09 Å². The highest BCUT2D eigenvalue weighted by molar-refractivity contribution is 5.70. The molecular formula is C8H11NO3. The van der Waals surface area contributed by atoms with Gasteiger partial charge < -0.3 is 9.84 Å². The minimum atomic E-state index is -0.477. The molecule has 12 heavy (non-hydrogen) atoms. The quantitative estimate of drug-likeness (QED) is 0.524. The second-order valence-electron chi connectivity index (χ2n) is 3.07. The number of aliphatic hydroxyl groups excluding tert-OH is 1.